The molecule has 0 aromatic carbocycles. The maximum atomic E-state index is 9.08. The highest BCUT2D eigenvalue weighted by Crippen LogP contribution is 2.14. The fourth-order valence-electron chi connectivity index (χ4n) is 0.953. The third-order valence-corrected chi connectivity index (χ3v) is 1.75. The average molecular weight is 148 g/mol. The van der Waals surface area contributed by atoms with Gasteiger partial charge in [0.05, 0.1) is 12.7 Å². The second-order valence-electron chi connectivity index (χ2n) is 2.59. The third kappa shape index (κ3) is 1.29. The molecule has 4 nitrogen and oxygen atoms in total. The highest BCUT2D eigenvalue weighted by molar-refractivity contribution is 4.83. The summed E-state index contributed by atoms with van der Waals surface area (Å²) in [5.74, 6) is 0. The number of ether oxygens (including phenoxy) is 1. The zero-order valence-electron chi connectivity index (χ0n) is 5.77. The Morgan fingerprint density at radius 2 is 1.80 bits per heavy atom. The molecule has 0 bridgehead atoms. The molecule has 0 aliphatic carbocycles. The molecule has 0 saturated carbocycles. The van der Waals surface area contributed by atoms with Crippen LogP contribution in [0.2, 0.25) is 0 Å². The average Bonchev–Trinajstić information content (AvgIpc) is 1.93. The Morgan fingerprint density at radius 1 is 1.20 bits per heavy atom. The van der Waals surface area contributed by atoms with Gasteiger partial charge in [0.2, 0.25) is 0 Å². The number of hydrogen-bond donors (Lipinski definition) is 3. The fraction of sp³-hybridized carbons (Fsp3) is 1.00. The minimum absolute atomic E-state index is 0.0966. The van der Waals surface area contributed by atoms with Gasteiger partial charge in [-0.05, 0) is 6.92 Å². The summed E-state index contributed by atoms with van der Waals surface area (Å²) in [4.78, 5) is 0. The molecule has 0 amide bonds. The van der Waals surface area contributed by atoms with Crippen LogP contribution in [0, 0.1) is 0 Å². The molecule has 1 fully saturated rings. The predicted octanol–water partition coefficient (Wildman–Crippen LogP) is -1.51. The van der Waals surface area contributed by atoms with Gasteiger partial charge in [-0.1, -0.05) is 0 Å². The fourth-order valence-corrected chi connectivity index (χ4v) is 0.953. The van der Waals surface area contributed by atoms with Gasteiger partial charge in [0.15, 0.2) is 0 Å². The lowest BCUT2D eigenvalue weighted by Crippen LogP contribution is -2.51. The van der Waals surface area contributed by atoms with Gasteiger partial charge < -0.3 is 20.1 Å². The van der Waals surface area contributed by atoms with E-state index in [1.54, 1.807) is 6.92 Å². The SMILES string of the molecule is CC1OCC(O)[C@@H](O)[C@@H]1O. The van der Waals surface area contributed by atoms with Crippen molar-refractivity contribution in [3.8, 4) is 0 Å². The minimum atomic E-state index is -1.07. The first-order chi connectivity index (χ1) is 4.63. The molecule has 0 aromatic rings. The van der Waals surface area contributed by atoms with E-state index in [1.165, 1.54) is 0 Å². The molecule has 1 aliphatic rings. The molecule has 10 heavy (non-hydrogen) atoms. The molecule has 2 unspecified atom stereocenters. The summed E-state index contributed by atoms with van der Waals surface area (Å²) in [7, 11) is 0. The van der Waals surface area contributed by atoms with Gasteiger partial charge in [-0.25, -0.2) is 0 Å². The predicted molar refractivity (Wildman–Crippen MR) is 33.4 cm³/mol. The van der Waals surface area contributed by atoms with Crippen molar-refractivity contribution in [1.29, 1.82) is 0 Å². The largest absolute Gasteiger partial charge is 0.388 e. The zero-order valence-corrected chi connectivity index (χ0v) is 5.77. The second kappa shape index (κ2) is 2.84. The number of aliphatic hydroxyl groups is 3. The van der Waals surface area contributed by atoms with Crippen LogP contribution in [0.25, 0.3) is 0 Å². The Morgan fingerprint density at radius 3 is 2.30 bits per heavy atom. The maximum Gasteiger partial charge on any atom is 0.110 e. The van der Waals surface area contributed by atoms with E-state index in [9.17, 15) is 0 Å². The van der Waals surface area contributed by atoms with E-state index in [0.29, 0.717) is 0 Å². The monoisotopic (exact) mass is 148 g/mol. The van der Waals surface area contributed by atoms with Crippen LogP contribution in [0.1, 0.15) is 6.92 Å². The van der Waals surface area contributed by atoms with Crippen molar-refractivity contribution in [1.82, 2.24) is 0 Å². The highest BCUT2D eigenvalue weighted by atomic mass is 16.5. The summed E-state index contributed by atoms with van der Waals surface area (Å²) in [6.07, 6.45) is -3.38. The van der Waals surface area contributed by atoms with Crippen LogP contribution in [-0.4, -0.2) is 46.3 Å². The Bertz CT molecular complexity index is 102. The van der Waals surface area contributed by atoms with Crippen LogP contribution in [0.3, 0.4) is 0 Å². The molecule has 1 heterocycles. The normalized spacial score (nSPS) is 49.2. The van der Waals surface area contributed by atoms with E-state index in [-0.39, 0.29) is 6.61 Å². The third-order valence-electron chi connectivity index (χ3n) is 1.75. The summed E-state index contributed by atoms with van der Waals surface area (Å²) in [6, 6.07) is 0. The van der Waals surface area contributed by atoms with Crippen molar-refractivity contribution in [3.63, 3.8) is 0 Å². The molecule has 3 N–H and O–H groups in total. The lowest BCUT2D eigenvalue weighted by Gasteiger charge is -2.33. The minimum Gasteiger partial charge on any atom is -0.388 e. The molecule has 0 radical (unpaired) electrons. The molecule has 60 valence electrons. The van der Waals surface area contributed by atoms with Crippen LogP contribution in [0.5, 0.6) is 0 Å². The van der Waals surface area contributed by atoms with Crippen LogP contribution in [-0.2, 0) is 4.74 Å². The summed E-state index contributed by atoms with van der Waals surface area (Å²) < 4.78 is 4.91. The molecule has 0 aromatic heterocycles. The van der Waals surface area contributed by atoms with Gasteiger partial charge in [0.25, 0.3) is 0 Å². The van der Waals surface area contributed by atoms with Crippen LogP contribution < -0.4 is 0 Å². The van der Waals surface area contributed by atoms with Crippen LogP contribution >= 0.6 is 0 Å². The van der Waals surface area contributed by atoms with Gasteiger partial charge in [-0.2, -0.15) is 0 Å². The molecular weight excluding hydrogens is 136 g/mol. The number of aliphatic hydroxyl groups excluding tert-OH is 3. The molecule has 4 heteroatoms. The smallest absolute Gasteiger partial charge is 0.110 e. The van der Waals surface area contributed by atoms with Crippen molar-refractivity contribution in [2.75, 3.05) is 6.61 Å². The highest BCUT2D eigenvalue weighted by Gasteiger charge is 2.34. The molecular formula is C6H12O4. The summed E-state index contributed by atoms with van der Waals surface area (Å²) in [5, 5.41) is 27.0. The first kappa shape index (κ1) is 7.94. The van der Waals surface area contributed by atoms with E-state index < -0.39 is 24.4 Å². The Labute approximate surface area is 59.1 Å². The van der Waals surface area contributed by atoms with Crippen molar-refractivity contribution >= 4 is 0 Å². The quantitative estimate of drug-likeness (QED) is 0.390. The summed E-state index contributed by atoms with van der Waals surface area (Å²) in [5.41, 5.74) is 0. The van der Waals surface area contributed by atoms with Crippen molar-refractivity contribution in [3.05, 3.63) is 0 Å². The lowest BCUT2D eigenvalue weighted by atomic mass is 10.0. The van der Waals surface area contributed by atoms with Crippen LogP contribution in [0.15, 0.2) is 0 Å². The van der Waals surface area contributed by atoms with Gasteiger partial charge in [-0.15, -0.1) is 0 Å². The maximum absolute atomic E-state index is 9.08. The Hall–Kier alpha value is -0.160. The summed E-state index contributed by atoms with van der Waals surface area (Å²) >= 11 is 0. The molecule has 1 aliphatic heterocycles. The second-order valence-corrected chi connectivity index (χ2v) is 2.59. The van der Waals surface area contributed by atoms with Crippen LogP contribution in [0.4, 0.5) is 0 Å². The van der Waals surface area contributed by atoms with Gasteiger partial charge in [0, 0.05) is 0 Å². The summed E-state index contributed by atoms with van der Waals surface area (Å²) in [6.45, 7) is 1.75. The molecule has 4 atom stereocenters. The first-order valence-corrected chi connectivity index (χ1v) is 3.28. The standard InChI is InChI=1S/C6H12O4/c1-3-5(8)6(9)4(7)2-10-3/h3-9H,2H2,1H3/t3?,4?,5-,6-/m1/s1. The van der Waals surface area contributed by atoms with Gasteiger partial charge in [-0.3, -0.25) is 0 Å². The first-order valence-electron chi connectivity index (χ1n) is 3.28. The molecule has 1 rings (SSSR count). The van der Waals surface area contributed by atoms with E-state index in [0.717, 1.165) is 0 Å². The van der Waals surface area contributed by atoms with E-state index in [4.69, 9.17) is 20.1 Å². The number of hydrogen-bond acceptors (Lipinski definition) is 4. The lowest BCUT2D eigenvalue weighted by molar-refractivity contribution is -0.181. The molecule has 0 spiro atoms. The Kier molecular flexibility index (Phi) is 2.25. The molecule has 1 saturated heterocycles. The zero-order chi connectivity index (χ0) is 7.72. The van der Waals surface area contributed by atoms with E-state index >= 15 is 0 Å². The van der Waals surface area contributed by atoms with E-state index in [2.05, 4.69) is 0 Å². The van der Waals surface area contributed by atoms with Gasteiger partial charge in [0.1, 0.15) is 18.3 Å². The van der Waals surface area contributed by atoms with Gasteiger partial charge >= 0.3 is 0 Å². The van der Waals surface area contributed by atoms with Crippen molar-refractivity contribution in [2.24, 2.45) is 0 Å². The van der Waals surface area contributed by atoms with E-state index in [1.807, 2.05) is 0 Å². The van der Waals surface area contributed by atoms with Crippen molar-refractivity contribution < 1.29 is 20.1 Å². The Balaban J connectivity index is 2.52. The number of rotatable bonds is 0. The van der Waals surface area contributed by atoms with Crippen molar-refractivity contribution in [2.45, 2.75) is 31.3 Å². The topological polar surface area (TPSA) is 69.9 Å².